The Morgan fingerprint density at radius 2 is 1.79 bits per heavy atom. The summed E-state index contributed by atoms with van der Waals surface area (Å²) in [6.07, 6.45) is 2.33. The van der Waals surface area contributed by atoms with Gasteiger partial charge < -0.3 is 15.4 Å². The molecule has 33 heavy (non-hydrogen) atoms. The van der Waals surface area contributed by atoms with Gasteiger partial charge in [0.1, 0.15) is 17.0 Å². The van der Waals surface area contributed by atoms with Gasteiger partial charge >= 0.3 is 0 Å². The Hall–Kier alpha value is -3.38. The molecule has 2 amide bonds. The monoisotopic (exact) mass is 460 g/mol. The number of rotatable bonds is 5. The van der Waals surface area contributed by atoms with Crippen LogP contribution in [-0.4, -0.2) is 17.4 Å². The van der Waals surface area contributed by atoms with Gasteiger partial charge in [0, 0.05) is 22.4 Å². The molecule has 1 aliphatic heterocycles. The molecule has 0 fully saturated rings. The fourth-order valence-corrected chi connectivity index (χ4v) is 4.57. The average Bonchev–Trinajstić information content (AvgIpc) is 3.27. The van der Waals surface area contributed by atoms with E-state index in [2.05, 4.69) is 10.6 Å². The lowest BCUT2D eigenvalue weighted by atomic mass is 9.89. The zero-order valence-corrected chi connectivity index (χ0v) is 20.1. The van der Waals surface area contributed by atoms with Gasteiger partial charge in [-0.1, -0.05) is 41.5 Å². The van der Waals surface area contributed by atoms with Crippen molar-refractivity contribution in [1.82, 2.24) is 10.6 Å². The van der Waals surface area contributed by atoms with Crippen LogP contribution in [-0.2, 0) is 4.79 Å². The van der Waals surface area contributed by atoms with Crippen molar-refractivity contribution in [3.63, 3.8) is 0 Å². The third-order valence-electron chi connectivity index (χ3n) is 5.56. The number of fused-ring (bicyclic) bond motifs is 1. The van der Waals surface area contributed by atoms with Gasteiger partial charge in [-0.05, 0) is 63.4 Å². The minimum Gasteiger partial charge on any atom is -0.487 e. The van der Waals surface area contributed by atoms with Gasteiger partial charge in [0.2, 0.25) is 0 Å². The van der Waals surface area contributed by atoms with Crippen LogP contribution in [0.5, 0.6) is 5.75 Å². The topological polar surface area (TPSA) is 67.4 Å². The standard InChI is InChI=1S/C27H28N2O3S/c1-17-7-10-19(11-8-17)25(30)28-22(15-20-6-5-13-33-20)26(31)29-23-16-27(3,4)32-24-12-9-18(2)14-21(23)24/h5-15,23H,16H2,1-4H3,(H,28,30)(H,29,31)/b22-15-/t23-/m1/s1. The quantitative estimate of drug-likeness (QED) is 0.490. The van der Waals surface area contributed by atoms with E-state index in [1.807, 2.05) is 75.5 Å². The number of carbonyl (C=O) groups is 2. The van der Waals surface area contributed by atoms with Crippen molar-refractivity contribution in [1.29, 1.82) is 0 Å². The van der Waals surface area contributed by atoms with Gasteiger partial charge in [0.05, 0.1) is 6.04 Å². The fourth-order valence-electron chi connectivity index (χ4n) is 3.91. The van der Waals surface area contributed by atoms with Crippen LogP contribution in [0.4, 0.5) is 0 Å². The van der Waals surface area contributed by atoms with E-state index in [1.54, 1.807) is 18.2 Å². The van der Waals surface area contributed by atoms with Crippen LogP contribution in [0, 0.1) is 13.8 Å². The van der Waals surface area contributed by atoms with Crippen molar-refractivity contribution in [2.45, 2.75) is 45.8 Å². The lowest BCUT2D eigenvalue weighted by Gasteiger charge is -2.38. The molecular formula is C27H28N2O3S. The Kier molecular flexibility index (Phi) is 6.38. The first kappa shape index (κ1) is 22.8. The zero-order chi connectivity index (χ0) is 23.6. The summed E-state index contributed by atoms with van der Waals surface area (Å²) in [7, 11) is 0. The molecule has 1 aliphatic rings. The van der Waals surface area contributed by atoms with Crippen molar-refractivity contribution in [2.75, 3.05) is 0 Å². The smallest absolute Gasteiger partial charge is 0.268 e. The lowest BCUT2D eigenvalue weighted by Crippen LogP contribution is -2.43. The average molecular weight is 461 g/mol. The number of amides is 2. The van der Waals surface area contributed by atoms with E-state index in [0.29, 0.717) is 12.0 Å². The van der Waals surface area contributed by atoms with Crippen LogP contribution >= 0.6 is 11.3 Å². The zero-order valence-electron chi connectivity index (χ0n) is 19.3. The molecule has 170 valence electrons. The van der Waals surface area contributed by atoms with Gasteiger partial charge in [-0.3, -0.25) is 9.59 Å². The van der Waals surface area contributed by atoms with Crippen LogP contribution in [0.2, 0.25) is 0 Å². The van der Waals surface area contributed by atoms with E-state index in [0.717, 1.165) is 27.3 Å². The van der Waals surface area contributed by atoms with Crippen LogP contribution < -0.4 is 15.4 Å². The number of ether oxygens (including phenoxy) is 1. The Morgan fingerprint density at radius 3 is 2.48 bits per heavy atom. The molecule has 4 rings (SSSR count). The van der Waals surface area contributed by atoms with E-state index in [9.17, 15) is 9.59 Å². The number of hydrogen-bond acceptors (Lipinski definition) is 4. The van der Waals surface area contributed by atoms with Crippen LogP contribution in [0.3, 0.4) is 0 Å². The Balaban J connectivity index is 1.61. The summed E-state index contributed by atoms with van der Waals surface area (Å²) >= 11 is 1.50. The molecule has 2 aromatic carbocycles. The Labute approximate surface area is 198 Å². The normalized spacial score (nSPS) is 17.0. The molecule has 2 heterocycles. The van der Waals surface area contributed by atoms with Crippen LogP contribution in [0.1, 0.15) is 58.2 Å². The summed E-state index contributed by atoms with van der Waals surface area (Å²) in [5.74, 6) is 0.116. The Morgan fingerprint density at radius 1 is 1.06 bits per heavy atom. The van der Waals surface area contributed by atoms with E-state index in [1.165, 1.54) is 11.3 Å². The van der Waals surface area contributed by atoms with E-state index >= 15 is 0 Å². The first-order chi connectivity index (χ1) is 15.7. The summed E-state index contributed by atoms with van der Waals surface area (Å²) < 4.78 is 6.13. The molecule has 0 saturated heterocycles. The fraction of sp³-hybridized carbons (Fsp3) is 0.259. The molecule has 0 radical (unpaired) electrons. The summed E-state index contributed by atoms with van der Waals surface area (Å²) in [5.41, 5.74) is 3.39. The number of aryl methyl sites for hydroxylation is 2. The van der Waals surface area contributed by atoms with Gasteiger partial charge in [-0.25, -0.2) is 0 Å². The van der Waals surface area contributed by atoms with Gasteiger partial charge in [-0.2, -0.15) is 0 Å². The van der Waals surface area contributed by atoms with Crippen molar-refractivity contribution < 1.29 is 14.3 Å². The SMILES string of the molecule is Cc1ccc(C(=O)N/C(=C\c2cccs2)C(=O)N[C@@H]2CC(C)(C)Oc3ccc(C)cc32)cc1. The minimum absolute atomic E-state index is 0.210. The van der Waals surface area contributed by atoms with E-state index in [4.69, 9.17) is 4.74 Å². The molecule has 3 aromatic rings. The third kappa shape index (κ3) is 5.52. The minimum atomic E-state index is -0.428. The maximum absolute atomic E-state index is 13.4. The second-order valence-electron chi connectivity index (χ2n) is 9.03. The molecule has 1 atom stereocenters. The predicted molar refractivity (Wildman–Crippen MR) is 132 cm³/mol. The molecule has 0 unspecified atom stereocenters. The largest absolute Gasteiger partial charge is 0.487 e. The van der Waals surface area contributed by atoms with E-state index in [-0.39, 0.29) is 23.6 Å². The second kappa shape index (κ2) is 9.24. The number of hydrogen-bond donors (Lipinski definition) is 2. The Bertz CT molecular complexity index is 1190. The van der Waals surface area contributed by atoms with Crippen molar-refractivity contribution in [3.05, 3.63) is 92.8 Å². The van der Waals surface area contributed by atoms with Gasteiger partial charge in [0.25, 0.3) is 11.8 Å². The first-order valence-corrected chi connectivity index (χ1v) is 11.8. The van der Waals surface area contributed by atoms with Crippen molar-refractivity contribution >= 4 is 29.2 Å². The number of nitrogens with one attached hydrogen (secondary N) is 2. The maximum Gasteiger partial charge on any atom is 0.268 e. The molecule has 2 N–H and O–H groups in total. The maximum atomic E-state index is 13.4. The van der Waals surface area contributed by atoms with Crippen molar-refractivity contribution in [3.8, 4) is 5.75 Å². The summed E-state index contributed by atoms with van der Waals surface area (Å²) in [5, 5.41) is 7.89. The van der Waals surface area contributed by atoms with Crippen molar-refractivity contribution in [2.24, 2.45) is 0 Å². The highest BCUT2D eigenvalue weighted by Gasteiger charge is 2.35. The lowest BCUT2D eigenvalue weighted by molar-refractivity contribution is -0.119. The number of benzene rings is 2. The van der Waals surface area contributed by atoms with Crippen LogP contribution in [0.25, 0.3) is 6.08 Å². The number of carbonyl (C=O) groups excluding carboxylic acids is 2. The van der Waals surface area contributed by atoms with E-state index < -0.39 is 5.60 Å². The molecule has 6 heteroatoms. The molecule has 1 aromatic heterocycles. The van der Waals surface area contributed by atoms with Gasteiger partial charge in [-0.15, -0.1) is 11.3 Å². The molecule has 0 aliphatic carbocycles. The molecule has 5 nitrogen and oxygen atoms in total. The summed E-state index contributed by atoms with van der Waals surface area (Å²) in [4.78, 5) is 27.2. The predicted octanol–water partition coefficient (Wildman–Crippen LogP) is 5.55. The second-order valence-corrected chi connectivity index (χ2v) is 10.0. The van der Waals surface area contributed by atoms with Crippen LogP contribution in [0.15, 0.2) is 65.7 Å². The number of thiophene rings is 1. The molecule has 0 bridgehead atoms. The molecule has 0 saturated carbocycles. The highest BCUT2D eigenvalue weighted by molar-refractivity contribution is 7.10. The third-order valence-corrected chi connectivity index (χ3v) is 6.38. The highest BCUT2D eigenvalue weighted by atomic mass is 32.1. The molecular weight excluding hydrogens is 432 g/mol. The first-order valence-electron chi connectivity index (χ1n) is 10.9. The summed E-state index contributed by atoms with van der Waals surface area (Å²) in [6.45, 7) is 8.00. The molecule has 0 spiro atoms. The van der Waals surface area contributed by atoms with Gasteiger partial charge in [0.15, 0.2) is 0 Å². The summed E-state index contributed by atoms with van der Waals surface area (Å²) in [6, 6.07) is 16.8. The highest BCUT2D eigenvalue weighted by Crippen LogP contribution is 2.40.